The Labute approximate surface area is 59.0 Å². The van der Waals surface area contributed by atoms with E-state index in [1.807, 2.05) is 0 Å². The van der Waals surface area contributed by atoms with E-state index in [1.165, 1.54) is 0 Å². The van der Waals surface area contributed by atoms with Crippen LogP contribution in [0.1, 0.15) is 0 Å². The van der Waals surface area contributed by atoms with E-state index in [2.05, 4.69) is 0 Å². The van der Waals surface area contributed by atoms with Gasteiger partial charge in [-0.1, -0.05) is 0 Å². The molecule has 5 heavy (non-hydrogen) atoms. The van der Waals surface area contributed by atoms with Crippen LogP contribution in [0.2, 0.25) is 0 Å². The smallest absolute Gasteiger partial charge is 0.130 e. The van der Waals surface area contributed by atoms with Crippen LogP contribution in [0, 0.1) is 37.3 Å². The van der Waals surface area contributed by atoms with E-state index in [1.54, 1.807) is 0 Å². The third-order valence-electron chi connectivity index (χ3n) is 0. The zero-order chi connectivity index (χ0) is 3.58. The molecule has 0 aliphatic rings. The summed E-state index contributed by atoms with van der Waals surface area (Å²) in [4.78, 5) is 6.90. The van der Waals surface area contributed by atoms with Gasteiger partial charge in [-0.25, -0.2) is 0 Å². The molecule has 2 nitrogen and oxygen atoms in total. The van der Waals surface area contributed by atoms with Crippen molar-refractivity contribution in [2.45, 2.75) is 0 Å². The minimum Gasteiger partial charge on any atom is -0.130 e. The Bertz CT molecular complexity index is 32.6. The Morgan fingerprint density at radius 1 is 1.80 bits per heavy atom. The SMILES string of the molecule is O=[P+](O)F.[Er]. The summed E-state index contributed by atoms with van der Waals surface area (Å²) in [6, 6.07) is 0. The van der Waals surface area contributed by atoms with Crippen LogP contribution >= 0.6 is 8.34 Å². The van der Waals surface area contributed by atoms with Crippen LogP contribution in [0.5, 0.6) is 0 Å². The van der Waals surface area contributed by atoms with Crippen LogP contribution in [-0.2, 0) is 4.57 Å². The van der Waals surface area contributed by atoms with Crippen LogP contribution in [0.15, 0.2) is 0 Å². The summed E-state index contributed by atoms with van der Waals surface area (Å²) in [5.41, 5.74) is 0. The predicted octanol–water partition coefficient (Wildman–Crippen LogP) is 0.606. The van der Waals surface area contributed by atoms with Gasteiger partial charge in [0, 0.05) is 41.9 Å². The quantitative estimate of drug-likeness (QED) is 0.639. The molecule has 0 rings (SSSR count). The van der Waals surface area contributed by atoms with Gasteiger partial charge < -0.3 is 0 Å². The summed E-state index contributed by atoms with van der Waals surface area (Å²) in [5, 5.41) is 0. The van der Waals surface area contributed by atoms with E-state index < -0.39 is 8.34 Å². The van der Waals surface area contributed by atoms with Gasteiger partial charge in [0.25, 0.3) is 0 Å². The van der Waals surface area contributed by atoms with E-state index in [-0.39, 0.29) is 37.3 Å². The Morgan fingerprint density at radius 3 is 1.80 bits per heavy atom. The maximum Gasteiger partial charge on any atom is 0.743 e. The molecule has 0 aromatic rings. The molecule has 0 heterocycles. The molecule has 1 unspecified atom stereocenters. The summed E-state index contributed by atoms with van der Waals surface area (Å²) in [7, 11) is -3.37. The zero-order valence-corrected chi connectivity index (χ0v) is 4.72. The van der Waals surface area contributed by atoms with Gasteiger partial charge in [0.15, 0.2) is 0 Å². The second kappa shape index (κ2) is 5.24. The van der Waals surface area contributed by atoms with E-state index in [0.717, 1.165) is 0 Å². The summed E-state index contributed by atoms with van der Waals surface area (Å²) in [6.07, 6.45) is 0. The van der Waals surface area contributed by atoms with Gasteiger partial charge >= 0.3 is 8.34 Å². The minimum atomic E-state index is -3.37. The normalized spacial score (nSPS) is 8.80. The van der Waals surface area contributed by atoms with Crippen molar-refractivity contribution in [2.75, 3.05) is 0 Å². The molecule has 0 bridgehead atoms. The molecule has 0 aliphatic carbocycles. The van der Waals surface area contributed by atoms with Crippen molar-refractivity contribution in [3.8, 4) is 0 Å². The van der Waals surface area contributed by atoms with Gasteiger partial charge in [-0.15, -0.1) is 4.89 Å². The number of hydrogen-bond donors (Lipinski definition) is 1. The van der Waals surface area contributed by atoms with Crippen LogP contribution in [0.4, 0.5) is 4.20 Å². The first-order valence-corrected chi connectivity index (χ1v) is 1.65. The Hall–Kier alpha value is 1.24. The van der Waals surface area contributed by atoms with Crippen molar-refractivity contribution in [3.63, 3.8) is 0 Å². The first-order chi connectivity index (χ1) is 1.73. The van der Waals surface area contributed by atoms with Gasteiger partial charge in [0.2, 0.25) is 0 Å². The van der Waals surface area contributed by atoms with E-state index in [9.17, 15) is 4.20 Å². The predicted molar refractivity (Wildman–Crippen MR) is 10.9 cm³/mol. The average Bonchev–Trinajstić information content (AvgIpc) is 0.811. The van der Waals surface area contributed by atoms with Crippen molar-refractivity contribution in [3.05, 3.63) is 0 Å². The standard InChI is InChI=1S/Er.FO2P/c;1-4(2)3/p+1. The summed E-state index contributed by atoms with van der Waals surface area (Å²) >= 11 is 0. The van der Waals surface area contributed by atoms with Gasteiger partial charge in [-0.05, 0) is 0 Å². The second-order valence-electron chi connectivity index (χ2n) is 0.226. The molecule has 0 aromatic heterocycles. The second-order valence-corrected chi connectivity index (χ2v) is 0.679. The van der Waals surface area contributed by atoms with Crippen molar-refractivity contribution < 1.29 is 51.0 Å². The van der Waals surface area contributed by atoms with E-state index in [4.69, 9.17) is 9.46 Å². The summed E-state index contributed by atoms with van der Waals surface area (Å²) < 4.78 is 18.5. The fourth-order valence-electron chi connectivity index (χ4n) is 0. The van der Waals surface area contributed by atoms with Gasteiger partial charge in [0.1, 0.15) is 0 Å². The number of hydrogen-bond acceptors (Lipinski definition) is 1. The molecule has 1 atom stereocenters. The molecule has 0 saturated carbocycles. The average molecular weight is 250 g/mol. The molecule has 0 aliphatic heterocycles. The zero-order valence-electron chi connectivity index (χ0n) is 1.97. The first kappa shape index (κ1) is 9.53. The van der Waals surface area contributed by atoms with Crippen LogP contribution in [0.3, 0.4) is 0 Å². The molecular weight excluding hydrogens is 249 g/mol. The van der Waals surface area contributed by atoms with E-state index >= 15 is 0 Å². The topological polar surface area (TPSA) is 37.3 Å². The number of rotatable bonds is 0. The fraction of sp³-hybridized carbons (Fsp3) is 0. The molecule has 0 amide bonds. The van der Waals surface area contributed by atoms with Crippen molar-refractivity contribution in [2.24, 2.45) is 0 Å². The van der Waals surface area contributed by atoms with E-state index in [0.29, 0.717) is 0 Å². The maximum absolute atomic E-state index is 10.1. The molecule has 0 saturated heterocycles. The van der Waals surface area contributed by atoms with Crippen LogP contribution in [0.25, 0.3) is 0 Å². The Morgan fingerprint density at radius 2 is 1.80 bits per heavy atom. The summed E-state index contributed by atoms with van der Waals surface area (Å²) in [5.74, 6) is 0. The third-order valence-corrected chi connectivity index (χ3v) is 0. The van der Waals surface area contributed by atoms with Gasteiger partial charge in [-0.2, -0.15) is 0 Å². The molecule has 0 fully saturated rings. The van der Waals surface area contributed by atoms with Crippen molar-refractivity contribution in [1.29, 1.82) is 0 Å². The molecule has 0 spiro atoms. The van der Waals surface area contributed by atoms with Crippen LogP contribution < -0.4 is 0 Å². The first-order valence-electron chi connectivity index (χ1n) is 0.552. The summed E-state index contributed by atoms with van der Waals surface area (Å²) in [6.45, 7) is 0. The van der Waals surface area contributed by atoms with Crippen LogP contribution in [-0.4, -0.2) is 4.89 Å². The molecule has 5 heteroatoms. The largest absolute Gasteiger partial charge is 0.743 e. The monoisotopic (exact) mass is 249 g/mol. The number of halogens is 1. The molecule has 36 valence electrons. The van der Waals surface area contributed by atoms with Gasteiger partial charge in [0.05, 0.1) is 4.20 Å². The Balaban J connectivity index is 0. The van der Waals surface area contributed by atoms with Gasteiger partial charge in [-0.3, -0.25) is 0 Å². The molecular formula is HErFO2P+. The van der Waals surface area contributed by atoms with Crippen molar-refractivity contribution in [1.82, 2.24) is 0 Å². The fourth-order valence-corrected chi connectivity index (χ4v) is 0. The molecule has 0 aromatic carbocycles. The molecule has 1 N–H and O–H groups in total. The Kier molecular flexibility index (Phi) is 9.98. The maximum atomic E-state index is 10.1. The van der Waals surface area contributed by atoms with Crippen molar-refractivity contribution >= 4 is 8.34 Å². The minimum absolute atomic E-state index is 0. The molecule has 0 radical (unpaired) electrons. The third kappa shape index (κ3) is 35.9.